The molecule has 0 spiro atoms. The van der Waals surface area contributed by atoms with Crippen molar-refractivity contribution in [1.82, 2.24) is 0 Å². The minimum atomic E-state index is -0.245. The summed E-state index contributed by atoms with van der Waals surface area (Å²) < 4.78 is 0. The zero-order valence-electron chi connectivity index (χ0n) is 9.64. The van der Waals surface area contributed by atoms with Gasteiger partial charge in [0.1, 0.15) is 6.29 Å². The summed E-state index contributed by atoms with van der Waals surface area (Å²) in [6, 6.07) is 13.6. The van der Waals surface area contributed by atoms with Gasteiger partial charge < -0.3 is 4.79 Å². The van der Waals surface area contributed by atoms with Crippen molar-refractivity contribution in [3.8, 4) is 0 Å². The summed E-state index contributed by atoms with van der Waals surface area (Å²) in [5.41, 5.74) is 4.14. The zero-order valence-corrected chi connectivity index (χ0v) is 10.4. The first-order chi connectivity index (χ1) is 8.79. The van der Waals surface area contributed by atoms with Gasteiger partial charge >= 0.3 is 0 Å². The largest absolute Gasteiger partial charge is 0.302 e. The fourth-order valence-corrected chi connectivity index (χ4v) is 2.59. The Kier molecular flexibility index (Phi) is 2.77. The van der Waals surface area contributed by atoms with E-state index in [0.717, 1.165) is 28.5 Å². The fraction of sp³-hybridized carbons (Fsp3) is 0.0625. The van der Waals surface area contributed by atoms with Crippen LogP contribution in [0.1, 0.15) is 28.2 Å². The number of fused-ring (bicyclic) bond motifs is 2. The number of carbonyl (C=O) groups excluding carboxylic acids is 1. The van der Waals surface area contributed by atoms with Crippen LogP contribution in [-0.2, 0) is 4.79 Å². The molecule has 3 rings (SSSR count). The SMILES string of the molecule is O=C[C@H]1c2ccccc2C=Cc2ccc(Cl)cc21. The number of halogens is 1. The van der Waals surface area contributed by atoms with Gasteiger partial charge in [-0.3, -0.25) is 0 Å². The first-order valence-corrected chi connectivity index (χ1v) is 6.19. The van der Waals surface area contributed by atoms with Crippen LogP contribution in [0.2, 0.25) is 5.02 Å². The Balaban J connectivity index is 2.29. The van der Waals surface area contributed by atoms with Crippen LogP contribution >= 0.6 is 11.6 Å². The van der Waals surface area contributed by atoms with Gasteiger partial charge in [-0.1, -0.05) is 54.1 Å². The van der Waals surface area contributed by atoms with Gasteiger partial charge in [0.25, 0.3) is 0 Å². The second-order valence-corrected chi connectivity index (χ2v) is 4.79. The molecule has 2 heteroatoms. The van der Waals surface area contributed by atoms with Gasteiger partial charge in [-0.2, -0.15) is 0 Å². The maximum absolute atomic E-state index is 11.5. The van der Waals surface area contributed by atoms with Crippen molar-refractivity contribution in [2.45, 2.75) is 5.92 Å². The smallest absolute Gasteiger partial charge is 0.131 e. The topological polar surface area (TPSA) is 17.1 Å². The molecule has 1 atom stereocenters. The summed E-state index contributed by atoms with van der Waals surface area (Å²) >= 11 is 6.04. The van der Waals surface area contributed by atoms with E-state index in [0.29, 0.717) is 5.02 Å². The van der Waals surface area contributed by atoms with Gasteiger partial charge in [-0.15, -0.1) is 0 Å². The predicted molar refractivity (Wildman–Crippen MR) is 74.7 cm³/mol. The number of benzene rings is 2. The van der Waals surface area contributed by atoms with Crippen LogP contribution in [0, 0.1) is 0 Å². The van der Waals surface area contributed by atoms with E-state index in [1.165, 1.54) is 0 Å². The van der Waals surface area contributed by atoms with Gasteiger partial charge in [0.05, 0.1) is 5.92 Å². The highest BCUT2D eigenvalue weighted by Gasteiger charge is 2.20. The molecule has 1 nitrogen and oxygen atoms in total. The lowest BCUT2D eigenvalue weighted by atomic mass is 9.89. The minimum Gasteiger partial charge on any atom is -0.302 e. The van der Waals surface area contributed by atoms with Crippen molar-refractivity contribution in [2.24, 2.45) is 0 Å². The molecule has 0 fully saturated rings. The zero-order chi connectivity index (χ0) is 12.5. The highest BCUT2D eigenvalue weighted by Crippen LogP contribution is 2.34. The summed E-state index contributed by atoms with van der Waals surface area (Å²) in [4.78, 5) is 11.5. The molecule has 0 amide bonds. The number of hydrogen-bond donors (Lipinski definition) is 0. The Morgan fingerprint density at radius 2 is 1.67 bits per heavy atom. The molecular weight excluding hydrogens is 244 g/mol. The van der Waals surface area contributed by atoms with Crippen molar-refractivity contribution in [3.63, 3.8) is 0 Å². The third-order valence-corrected chi connectivity index (χ3v) is 3.53. The fourth-order valence-electron chi connectivity index (χ4n) is 2.41. The van der Waals surface area contributed by atoms with Gasteiger partial charge in [0, 0.05) is 5.02 Å². The van der Waals surface area contributed by atoms with Crippen LogP contribution in [0.5, 0.6) is 0 Å². The number of hydrogen-bond acceptors (Lipinski definition) is 1. The van der Waals surface area contributed by atoms with E-state index in [1.807, 2.05) is 54.6 Å². The molecule has 1 aliphatic rings. The van der Waals surface area contributed by atoms with E-state index in [9.17, 15) is 4.79 Å². The molecule has 88 valence electrons. The van der Waals surface area contributed by atoms with Gasteiger partial charge in [0.15, 0.2) is 0 Å². The van der Waals surface area contributed by atoms with Crippen LogP contribution in [0.3, 0.4) is 0 Å². The Morgan fingerprint density at radius 3 is 2.44 bits per heavy atom. The van der Waals surface area contributed by atoms with E-state index in [4.69, 9.17) is 11.6 Å². The lowest BCUT2D eigenvalue weighted by Gasteiger charge is -2.14. The van der Waals surface area contributed by atoms with Crippen molar-refractivity contribution < 1.29 is 4.79 Å². The van der Waals surface area contributed by atoms with E-state index in [1.54, 1.807) is 0 Å². The molecule has 0 aromatic heterocycles. The molecule has 0 radical (unpaired) electrons. The Hall–Kier alpha value is -1.86. The Bertz CT molecular complexity index is 643. The number of carbonyl (C=O) groups is 1. The van der Waals surface area contributed by atoms with Crippen molar-refractivity contribution in [1.29, 1.82) is 0 Å². The molecule has 0 saturated carbocycles. The summed E-state index contributed by atoms with van der Waals surface area (Å²) in [5, 5.41) is 0.661. The van der Waals surface area contributed by atoms with E-state index >= 15 is 0 Å². The molecule has 0 unspecified atom stereocenters. The second kappa shape index (κ2) is 4.43. The van der Waals surface area contributed by atoms with Crippen molar-refractivity contribution in [3.05, 3.63) is 69.7 Å². The third kappa shape index (κ3) is 1.77. The first-order valence-electron chi connectivity index (χ1n) is 5.81. The summed E-state index contributed by atoms with van der Waals surface area (Å²) in [6.07, 6.45) is 5.07. The van der Waals surface area contributed by atoms with E-state index in [2.05, 4.69) is 0 Å². The molecule has 1 aliphatic carbocycles. The molecular formula is C16H11ClO. The standard InChI is InChI=1S/C16H11ClO/c17-13-8-7-12-6-5-11-3-1-2-4-14(11)16(10-18)15(12)9-13/h1-10,16H/t16-/m0/s1. The normalized spacial score (nSPS) is 16.6. The molecule has 2 aromatic carbocycles. The lowest BCUT2D eigenvalue weighted by Crippen LogP contribution is -2.04. The van der Waals surface area contributed by atoms with Crippen molar-refractivity contribution in [2.75, 3.05) is 0 Å². The number of aldehydes is 1. The molecule has 0 aliphatic heterocycles. The maximum Gasteiger partial charge on any atom is 0.131 e. The molecule has 2 aromatic rings. The van der Waals surface area contributed by atoms with E-state index in [-0.39, 0.29) is 5.92 Å². The number of rotatable bonds is 1. The average Bonchev–Trinajstić information content (AvgIpc) is 2.54. The third-order valence-electron chi connectivity index (χ3n) is 3.29. The first kappa shape index (κ1) is 11.2. The van der Waals surface area contributed by atoms with Gasteiger partial charge in [-0.25, -0.2) is 0 Å². The molecule has 0 bridgehead atoms. The quantitative estimate of drug-likeness (QED) is 0.699. The monoisotopic (exact) mass is 254 g/mol. The van der Waals surface area contributed by atoms with Crippen molar-refractivity contribution >= 4 is 30.0 Å². The van der Waals surface area contributed by atoms with Crippen LogP contribution in [0.4, 0.5) is 0 Å². The van der Waals surface area contributed by atoms with E-state index < -0.39 is 0 Å². The Labute approximate surface area is 111 Å². The maximum atomic E-state index is 11.5. The van der Waals surface area contributed by atoms with Crippen LogP contribution in [0.25, 0.3) is 12.2 Å². The molecule has 0 saturated heterocycles. The highest BCUT2D eigenvalue weighted by atomic mass is 35.5. The summed E-state index contributed by atoms with van der Waals surface area (Å²) in [6.45, 7) is 0. The van der Waals surface area contributed by atoms with Crippen LogP contribution < -0.4 is 0 Å². The molecule has 0 heterocycles. The molecule has 18 heavy (non-hydrogen) atoms. The minimum absolute atomic E-state index is 0.245. The average molecular weight is 255 g/mol. The van der Waals surface area contributed by atoms with Crippen LogP contribution in [0.15, 0.2) is 42.5 Å². The highest BCUT2D eigenvalue weighted by molar-refractivity contribution is 6.30. The van der Waals surface area contributed by atoms with Gasteiger partial charge in [0.2, 0.25) is 0 Å². The predicted octanol–water partition coefficient (Wildman–Crippen LogP) is 4.15. The second-order valence-electron chi connectivity index (χ2n) is 4.35. The Morgan fingerprint density at radius 1 is 0.944 bits per heavy atom. The lowest BCUT2D eigenvalue weighted by molar-refractivity contribution is -0.108. The summed E-state index contributed by atoms with van der Waals surface area (Å²) in [5.74, 6) is -0.245. The molecule has 0 N–H and O–H groups in total. The van der Waals surface area contributed by atoms with Crippen LogP contribution in [-0.4, -0.2) is 6.29 Å². The van der Waals surface area contributed by atoms with Gasteiger partial charge in [-0.05, 0) is 34.4 Å². The summed E-state index contributed by atoms with van der Waals surface area (Å²) in [7, 11) is 0.